The largest absolute Gasteiger partial charge is 0.392 e. The maximum absolute atomic E-state index is 12.3. The van der Waals surface area contributed by atoms with Crippen molar-refractivity contribution in [2.45, 2.75) is 31.8 Å². The minimum Gasteiger partial charge on any atom is -0.392 e. The molecule has 6 nitrogen and oxygen atoms in total. The average Bonchev–Trinajstić information content (AvgIpc) is 2.61. The summed E-state index contributed by atoms with van der Waals surface area (Å²) >= 11 is 0. The summed E-state index contributed by atoms with van der Waals surface area (Å²) in [7, 11) is 0. The lowest BCUT2D eigenvalue weighted by Gasteiger charge is -2.46. The van der Waals surface area contributed by atoms with Crippen LogP contribution in [-0.2, 0) is 16.0 Å². The maximum atomic E-state index is 12.3. The second kappa shape index (κ2) is 7.97. The maximum Gasteiger partial charge on any atom is 0.234 e. The molecular formula is C19H27N3O3. The van der Waals surface area contributed by atoms with E-state index < -0.39 is 11.5 Å². The highest BCUT2D eigenvalue weighted by atomic mass is 16.3. The Hall–Kier alpha value is -1.92. The number of hydrogen-bond donors (Lipinski definition) is 3. The second-order valence-corrected chi connectivity index (χ2v) is 7.12. The fourth-order valence-corrected chi connectivity index (χ4v) is 3.91. The van der Waals surface area contributed by atoms with Crippen molar-refractivity contribution < 1.29 is 14.7 Å². The molecule has 3 rings (SSSR count). The number of hydrogen-bond acceptors (Lipinski definition) is 4. The van der Waals surface area contributed by atoms with Gasteiger partial charge in [-0.25, -0.2) is 0 Å². The van der Waals surface area contributed by atoms with Crippen molar-refractivity contribution >= 4 is 11.8 Å². The molecule has 136 valence electrons. The number of aliphatic hydroxyl groups excluding tert-OH is 1. The van der Waals surface area contributed by atoms with E-state index in [-0.39, 0.29) is 18.4 Å². The number of aliphatic hydroxyl groups is 1. The molecule has 3 N–H and O–H groups in total. The molecule has 0 aliphatic carbocycles. The Morgan fingerprint density at radius 3 is 2.92 bits per heavy atom. The van der Waals surface area contributed by atoms with E-state index in [1.54, 1.807) is 0 Å². The van der Waals surface area contributed by atoms with Gasteiger partial charge in [0.05, 0.1) is 18.1 Å². The number of rotatable bonds is 5. The highest BCUT2D eigenvalue weighted by Gasteiger charge is 2.49. The van der Waals surface area contributed by atoms with Gasteiger partial charge in [-0.3, -0.25) is 14.5 Å². The van der Waals surface area contributed by atoms with Gasteiger partial charge >= 0.3 is 0 Å². The molecule has 2 aliphatic heterocycles. The van der Waals surface area contributed by atoms with Crippen LogP contribution in [0.2, 0.25) is 0 Å². The molecule has 6 heteroatoms. The summed E-state index contributed by atoms with van der Waals surface area (Å²) in [5.74, 6) is -0.0980. The van der Waals surface area contributed by atoms with Gasteiger partial charge in [-0.05, 0) is 31.2 Å². The van der Waals surface area contributed by atoms with Gasteiger partial charge in [0.25, 0.3) is 0 Å². The molecule has 2 heterocycles. The van der Waals surface area contributed by atoms with E-state index in [1.165, 1.54) is 5.56 Å². The molecule has 0 saturated carbocycles. The molecule has 0 aromatic heterocycles. The van der Waals surface area contributed by atoms with Crippen molar-refractivity contribution in [2.24, 2.45) is 5.41 Å². The lowest BCUT2D eigenvalue weighted by Crippen LogP contribution is -2.62. The van der Waals surface area contributed by atoms with Crippen LogP contribution in [0.3, 0.4) is 0 Å². The first-order valence-electron chi connectivity index (χ1n) is 9.09. The number of amides is 2. The zero-order chi connectivity index (χ0) is 17.7. The number of piperidine rings is 2. The molecule has 0 unspecified atom stereocenters. The molecular weight excluding hydrogens is 318 g/mol. The monoisotopic (exact) mass is 345 g/mol. The SMILES string of the molecule is O=C(CN1CC[C@H](O)[C@@]2(CCCNC2=O)C1)NCCc1ccccc1. The van der Waals surface area contributed by atoms with E-state index in [0.29, 0.717) is 39.0 Å². The number of likely N-dealkylation sites (tertiary alicyclic amines) is 1. The zero-order valence-electron chi connectivity index (χ0n) is 14.5. The first-order valence-corrected chi connectivity index (χ1v) is 9.09. The second-order valence-electron chi connectivity index (χ2n) is 7.12. The third-order valence-corrected chi connectivity index (χ3v) is 5.35. The minimum atomic E-state index is -0.749. The van der Waals surface area contributed by atoms with Gasteiger partial charge in [-0.15, -0.1) is 0 Å². The molecule has 2 amide bonds. The smallest absolute Gasteiger partial charge is 0.234 e. The van der Waals surface area contributed by atoms with E-state index >= 15 is 0 Å². The third kappa shape index (κ3) is 4.19. The van der Waals surface area contributed by atoms with Gasteiger partial charge in [0, 0.05) is 26.2 Å². The van der Waals surface area contributed by atoms with Crippen LogP contribution in [0, 0.1) is 5.41 Å². The summed E-state index contributed by atoms with van der Waals surface area (Å²) in [6.45, 7) is 2.64. The van der Waals surface area contributed by atoms with Crippen LogP contribution >= 0.6 is 0 Å². The molecule has 25 heavy (non-hydrogen) atoms. The Bertz CT molecular complexity index is 607. The van der Waals surface area contributed by atoms with E-state index in [4.69, 9.17) is 0 Å². The van der Waals surface area contributed by atoms with Gasteiger partial charge < -0.3 is 15.7 Å². The predicted molar refractivity (Wildman–Crippen MR) is 94.9 cm³/mol. The molecule has 0 radical (unpaired) electrons. The van der Waals surface area contributed by atoms with Gasteiger partial charge in [-0.1, -0.05) is 30.3 Å². The lowest BCUT2D eigenvalue weighted by molar-refractivity contribution is -0.150. The van der Waals surface area contributed by atoms with Crippen LogP contribution in [0.5, 0.6) is 0 Å². The first kappa shape index (κ1) is 17.9. The highest BCUT2D eigenvalue weighted by Crippen LogP contribution is 2.37. The Morgan fingerprint density at radius 2 is 2.16 bits per heavy atom. The van der Waals surface area contributed by atoms with Gasteiger partial charge in [0.1, 0.15) is 0 Å². The Labute approximate surface area is 148 Å². The molecule has 1 aromatic carbocycles. The van der Waals surface area contributed by atoms with Crippen LogP contribution in [-0.4, -0.2) is 60.6 Å². The summed E-state index contributed by atoms with van der Waals surface area (Å²) < 4.78 is 0. The Kier molecular flexibility index (Phi) is 5.71. The highest BCUT2D eigenvalue weighted by molar-refractivity contribution is 5.84. The number of nitrogens with one attached hydrogen (secondary N) is 2. The van der Waals surface area contributed by atoms with Crippen LogP contribution in [0.1, 0.15) is 24.8 Å². The lowest BCUT2D eigenvalue weighted by atomic mass is 9.71. The molecule has 2 aliphatic rings. The van der Waals surface area contributed by atoms with Crippen molar-refractivity contribution in [3.8, 4) is 0 Å². The van der Waals surface area contributed by atoms with Gasteiger partial charge in [0.15, 0.2) is 0 Å². The summed E-state index contributed by atoms with van der Waals surface area (Å²) in [5.41, 5.74) is 0.447. The third-order valence-electron chi connectivity index (χ3n) is 5.35. The quantitative estimate of drug-likeness (QED) is 0.717. The average molecular weight is 345 g/mol. The van der Waals surface area contributed by atoms with Crippen molar-refractivity contribution in [3.05, 3.63) is 35.9 Å². The standard InChI is InChI=1S/C19H27N3O3/c23-16-8-12-22(14-19(16)9-4-10-21-18(19)25)13-17(24)20-11-7-15-5-2-1-3-6-15/h1-3,5-6,16,23H,4,7-14H2,(H,20,24)(H,21,25)/t16-,19+/m0/s1. The Balaban J connectivity index is 1.49. The van der Waals surface area contributed by atoms with E-state index in [0.717, 1.165) is 12.8 Å². The van der Waals surface area contributed by atoms with E-state index in [1.807, 2.05) is 35.2 Å². The fraction of sp³-hybridized carbons (Fsp3) is 0.579. The van der Waals surface area contributed by atoms with E-state index in [9.17, 15) is 14.7 Å². The molecule has 2 fully saturated rings. The molecule has 2 atom stereocenters. The van der Waals surface area contributed by atoms with Crippen molar-refractivity contribution in [2.75, 3.05) is 32.7 Å². The van der Waals surface area contributed by atoms with Crippen LogP contribution in [0.4, 0.5) is 0 Å². The van der Waals surface area contributed by atoms with Crippen molar-refractivity contribution in [3.63, 3.8) is 0 Å². The number of benzene rings is 1. The predicted octanol–water partition coefficient (Wildman–Crippen LogP) is 0.308. The first-order chi connectivity index (χ1) is 12.1. The van der Waals surface area contributed by atoms with Gasteiger partial charge in [-0.2, -0.15) is 0 Å². The molecule has 1 spiro atoms. The zero-order valence-corrected chi connectivity index (χ0v) is 14.5. The van der Waals surface area contributed by atoms with Crippen molar-refractivity contribution in [1.29, 1.82) is 0 Å². The van der Waals surface area contributed by atoms with E-state index in [2.05, 4.69) is 10.6 Å². The van der Waals surface area contributed by atoms with Crippen LogP contribution in [0.15, 0.2) is 30.3 Å². The minimum absolute atomic E-state index is 0.0290. The molecule has 2 saturated heterocycles. The van der Waals surface area contributed by atoms with Crippen LogP contribution in [0.25, 0.3) is 0 Å². The van der Waals surface area contributed by atoms with Gasteiger partial charge in [0.2, 0.25) is 11.8 Å². The fourth-order valence-electron chi connectivity index (χ4n) is 3.91. The summed E-state index contributed by atoms with van der Waals surface area (Å²) in [6.07, 6.45) is 2.28. The summed E-state index contributed by atoms with van der Waals surface area (Å²) in [4.78, 5) is 26.6. The Morgan fingerprint density at radius 1 is 1.36 bits per heavy atom. The number of carbonyl (C=O) groups is 2. The summed E-state index contributed by atoms with van der Waals surface area (Å²) in [6, 6.07) is 10.0. The normalized spacial score (nSPS) is 27.1. The van der Waals surface area contributed by atoms with Crippen molar-refractivity contribution in [1.82, 2.24) is 15.5 Å². The molecule has 0 bridgehead atoms. The summed E-state index contributed by atoms with van der Waals surface area (Å²) in [5, 5.41) is 16.2. The topological polar surface area (TPSA) is 81.7 Å². The van der Waals surface area contributed by atoms with Crippen LogP contribution < -0.4 is 10.6 Å². The number of nitrogens with zero attached hydrogens (tertiary/aromatic N) is 1. The molecule has 1 aromatic rings. The number of carbonyl (C=O) groups excluding carboxylic acids is 2.